The average molecular weight is 337 g/mol. The fourth-order valence-electron chi connectivity index (χ4n) is 2.00. The Kier molecular flexibility index (Phi) is 5.17. The molecule has 1 amide bonds. The van der Waals surface area contributed by atoms with Gasteiger partial charge in [0.1, 0.15) is 16.3 Å². The number of amides is 1. The lowest BCUT2D eigenvalue weighted by Gasteiger charge is -2.05. The van der Waals surface area contributed by atoms with Crippen molar-refractivity contribution in [2.24, 2.45) is 0 Å². The van der Waals surface area contributed by atoms with Crippen molar-refractivity contribution >= 4 is 44.3 Å². The summed E-state index contributed by atoms with van der Waals surface area (Å²) in [6.07, 6.45) is 0. The number of anilines is 1. The SMILES string of the molecule is CCOC(=O)c1c(NC(C)=O)sc2c(OCC(=O)O)cccc12. The molecule has 23 heavy (non-hydrogen) atoms. The van der Waals surface area contributed by atoms with Crippen LogP contribution in [0.5, 0.6) is 5.75 Å². The summed E-state index contributed by atoms with van der Waals surface area (Å²) in [6, 6.07) is 4.94. The van der Waals surface area contributed by atoms with Gasteiger partial charge in [-0.1, -0.05) is 12.1 Å². The summed E-state index contributed by atoms with van der Waals surface area (Å²) < 4.78 is 10.8. The fraction of sp³-hybridized carbons (Fsp3) is 0.267. The molecule has 0 aliphatic heterocycles. The molecule has 0 saturated heterocycles. The Hall–Kier alpha value is -2.61. The van der Waals surface area contributed by atoms with Crippen LogP contribution in [-0.4, -0.2) is 36.2 Å². The Balaban J connectivity index is 2.56. The van der Waals surface area contributed by atoms with Crippen LogP contribution in [0.15, 0.2) is 18.2 Å². The van der Waals surface area contributed by atoms with E-state index in [0.29, 0.717) is 20.8 Å². The van der Waals surface area contributed by atoms with Gasteiger partial charge in [0.25, 0.3) is 0 Å². The minimum absolute atomic E-state index is 0.199. The molecule has 8 heteroatoms. The quantitative estimate of drug-likeness (QED) is 0.785. The Morgan fingerprint density at radius 1 is 1.30 bits per heavy atom. The summed E-state index contributed by atoms with van der Waals surface area (Å²) >= 11 is 1.13. The summed E-state index contributed by atoms with van der Waals surface area (Å²) in [6.45, 7) is 2.72. The molecule has 0 fully saturated rings. The minimum Gasteiger partial charge on any atom is -0.480 e. The van der Waals surface area contributed by atoms with Gasteiger partial charge >= 0.3 is 11.9 Å². The second-order valence-electron chi connectivity index (χ2n) is 4.52. The number of hydrogen-bond acceptors (Lipinski definition) is 6. The highest BCUT2D eigenvalue weighted by Crippen LogP contribution is 2.41. The Morgan fingerprint density at radius 3 is 2.65 bits per heavy atom. The van der Waals surface area contributed by atoms with Crippen LogP contribution in [0.4, 0.5) is 5.00 Å². The minimum atomic E-state index is -1.11. The van der Waals surface area contributed by atoms with Gasteiger partial charge in [-0.2, -0.15) is 0 Å². The largest absolute Gasteiger partial charge is 0.480 e. The summed E-state index contributed by atoms with van der Waals surface area (Å²) in [5.74, 6) is -1.66. The number of carboxylic acids is 1. The molecule has 2 rings (SSSR count). The van der Waals surface area contributed by atoms with E-state index >= 15 is 0 Å². The van der Waals surface area contributed by atoms with E-state index < -0.39 is 18.5 Å². The van der Waals surface area contributed by atoms with Crippen molar-refractivity contribution in [1.29, 1.82) is 0 Å². The Labute approximate surface area is 135 Å². The molecule has 0 atom stereocenters. The Morgan fingerprint density at radius 2 is 2.04 bits per heavy atom. The van der Waals surface area contributed by atoms with Gasteiger partial charge in [-0.25, -0.2) is 9.59 Å². The molecule has 122 valence electrons. The van der Waals surface area contributed by atoms with Crippen LogP contribution in [-0.2, 0) is 14.3 Å². The van der Waals surface area contributed by atoms with Crippen molar-refractivity contribution in [3.8, 4) is 5.75 Å². The van der Waals surface area contributed by atoms with Gasteiger partial charge in [0.05, 0.1) is 11.3 Å². The molecule has 0 aliphatic rings. The molecule has 0 radical (unpaired) electrons. The van der Waals surface area contributed by atoms with E-state index in [-0.39, 0.29) is 18.1 Å². The van der Waals surface area contributed by atoms with Crippen LogP contribution < -0.4 is 10.1 Å². The first-order valence-corrected chi connectivity index (χ1v) is 7.60. The number of carboxylic acid groups (broad SMARTS) is 1. The highest BCUT2D eigenvalue weighted by atomic mass is 32.1. The third kappa shape index (κ3) is 3.78. The van der Waals surface area contributed by atoms with Gasteiger partial charge in [-0.3, -0.25) is 4.79 Å². The van der Waals surface area contributed by atoms with Crippen molar-refractivity contribution in [1.82, 2.24) is 0 Å². The summed E-state index contributed by atoms with van der Waals surface area (Å²) in [7, 11) is 0. The molecule has 1 heterocycles. The van der Waals surface area contributed by atoms with Gasteiger partial charge in [0.15, 0.2) is 6.61 Å². The number of carbonyl (C=O) groups is 3. The predicted octanol–water partition coefficient (Wildman–Crippen LogP) is 2.50. The topological polar surface area (TPSA) is 102 Å². The van der Waals surface area contributed by atoms with Gasteiger partial charge in [-0.05, 0) is 13.0 Å². The van der Waals surface area contributed by atoms with Gasteiger partial charge in [0, 0.05) is 12.3 Å². The van der Waals surface area contributed by atoms with Crippen LogP contribution in [0.3, 0.4) is 0 Å². The van der Waals surface area contributed by atoms with Crippen LogP contribution in [0.25, 0.3) is 10.1 Å². The number of nitrogens with one attached hydrogen (secondary N) is 1. The second-order valence-corrected chi connectivity index (χ2v) is 5.54. The number of aliphatic carboxylic acids is 1. The van der Waals surface area contributed by atoms with E-state index in [4.69, 9.17) is 14.6 Å². The molecule has 7 nitrogen and oxygen atoms in total. The molecular formula is C15H15NO6S. The molecule has 1 aromatic heterocycles. The maximum Gasteiger partial charge on any atom is 0.341 e. The van der Waals surface area contributed by atoms with Gasteiger partial charge in [-0.15, -0.1) is 11.3 Å². The molecule has 2 aromatic rings. The maximum atomic E-state index is 12.2. The molecule has 0 aliphatic carbocycles. The fourth-order valence-corrected chi connectivity index (χ4v) is 3.20. The average Bonchev–Trinajstić information content (AvgIpc) is 2.82. The highest BCUT2D eigenvalue weighted by Gasteiger charge is 2.23. The van der Waals surface area contributed by atoms with Crippen LogP contribution in [0, 0.1) is 0 Å². The summed E-state index contributed by atoms with van der Waals surface area (Å²) in [5, 5.41) is 12.2. The molecule has 1 aromatic carbocycles. The first kappa shape index (κ1) is 16.8. The van der Waals surface area contributed by atoms with E-state index in [0.717, 1.165) is 11.3 Å². The normalized spacial score (nSPS) is 10.3. The molecule has 0 spiro atoms. The van der Waals surface area contributed by atoms with E-state index in [9.17, 15) is 14.4 Å². The Bertz CT molecular complexity index is 767. The maximum absolute atomic E-state index is 12.2. The smallest absolute Gasteiger partial charge is 0.341 e. The van der Waals surface area contributed by atoms with Gasteiger partial charge in [0.2, 0.25) is 5.91 Å². The van der Waals surface area contributed by atoms with Crippen molar-refractivity contribution in [3.05, 3.63) is 23.8 Å². The zero-order valence-electron chi connectivity index (χ0n) is 12.5. The molecule has 0 saturated carbocycles. The molecule has 0 unspecified atom stereocenters. The highest BCUT2D eigenvalue weighted by molar-refractivity contribution is 7.23. The summed E-state index contributed by atoms with van der Waals surface area (Å²) in [4.78, 5) is 34.2. The van der Waals surface area contributed by atoms with Crippen molar-refractivity contribution in [2.45, 2.75) is 13.8 Å². The lowest BCUT2D eigenvalue weighted by molar-refractivity contribution is -0.139. The number of hydrogen-bond donors (Lipinski definition) is 2. The molecule has 2 N–H and O–H groups in total. The van der Waals surface area contributed by atoms with E-state index in [1.807, 2.05) is 0 Å². The lowest BCUT2D eigenvalue weighted by atomic mass is 10.1. The lowest BCUT2D eigenvalue weighted by Crippen LogP contribution is -2.11. The molecular weight excluding hydrogens is 322 g/mol. The van der Waals surface area contributed by atoms with E-state index in [2.05, 4.69) is 5.32 Å². The third-order valence-corrected chi connectivity index (χ3v) is 3.94. The van der Waals surface area contributed by atoms with Crippen LogP contribution in [0.1, 0.15) is 24.2 Å². The van der Waals surface area contributed by atoms with Crippen LogP contribution >= 0.6 is 11.3 Å². The standard InChI is InChI=1S/C15H15NO6S/c1-3-21-15(20)12-9-5-4-6-10(22-7-11(18)19)13(9)23-14(12)16-8(2)17/h4-6H,3,7H2,1-2H3,(H,16,17)(H,18,19). The van der Waals surface area contributed by atoms with Crippen molar-refractivity contribution < 1.29 is 29.0 Å². The predicted molar refractivity (Wildman–Crippen MR) is 85.2 cm³/mol. The number of esters is 1. The van der Waals surface area contributed by atoms with E-state index in [1.165, 1.54) is 6.92 Å². The molecule has 0 bridgehead atoms. The first-order valence-electron chi connectivity index (χ1n) is 6.78. The summed E-state index contributed by atoms with van der Waals surface area (Å²) in [5.41, 5.74) is 0.239. The number of thiophene rings is 1. The number of fused-ring (bicyclic) bond motifs is 1. The monoisotopic (exact) mass is 337 g/mol. The van der Waals surface area contributed by atoms with E-state index in [1.54, 1.807) is 25.1 Å². The first-order chi connectivity index (χ1) is 10.9. The van der Waals surface area contributed by atoms with Crippen molar-refractivity contribution in [3.63, 3.8) is 0 Å². The van der Waals surface area contributed by atoms with Gasteiger partial charge < -0.3 is 19.9 Å². The van der Waals surface area contributed by atoms with Crippen LogP contribution in [0.2, 0.25) is 0 Å². The number of carbonyl (C=O) groups excluding carboxylic acids is 2. The number of benzene rings is 1. The number of ether oxygens (including phenoxy) is 2. The van der Waals surface area contributed by atoms with Crippen molar-refractivity contribution in [2.75, 3.05) is 18.5 Å². The zero-order chi connectivity index (χ0) is 17.0. The zero-order valence-corrected chi connectivity index (χ0v) is 13.4. The third-order valence-electron chi connectivity index (χ3n) is 2.80. The second kappa shape index (κ2) is 7.10. The number of rotatable bonds is 6.